The van der Waals surface area contributed by atoms with Crippen molar-refractivity contribution in [3.05, 3.63) is 82.6 Å². The molecule has 0 saturated heterocycles. The van der Waals surface area contributed by atoms with Crippen LogP contribution in [0, 0.1) is 12.7 Å². The highest BCUT2D eigenvalue weighted by Crippen LogP contribution is 2.28. The lowest BCUT2D eigenvalue weighted by atomic mass is 10.1. The molecule has 4 nitrogen and oxygen atoms in total. The van der Waals surface area contributed by atoms with Gasteiger partial charge in [-0.05, 0) is 79.5 Å². The van der Waals surface area contributed by atoms with E-state index in [-0.39, 0.29) is 5.56 Å². The van der Waals surface area contributed by atoms with Crippen LogP contribution in [-0.4, -0.2) is 17.3 Å². The van der Waals surface area contributed by atoms with Gasteiger partial charge in [0.05, 0.1) is 10.6 Å². The minimum atomic E-state index is -0.562. The van der Waals surface area contributed by atoms with Gasteiger partial charge in [0.15, 0.2) is 5.11 Å². The van der Waals surface area contributed by atoms with Gasteiger partial charge >= 0.3 is 0 Å². The van der Waals surface area contributed by atoms with Gasteiger partial charge in [0.2, 0.25) is 0 Å². The van der Waals surface area contributed by atoms with E-state index in [0.717, 1.165) is 21.8 Å². The standard InChI is InChI=1S/C22H19ClFN3OS2/c1-13-11-14(25-22(29)26-15-8-10-20(30-2)17(23)12-15)7-9-19(13)27-21(28)16-5-3-4-6-18(16)24/h3-12H,1-2H3,(H,27,28)(H2,25,26,29). The number of carbonyl (C=O) groups is 1. The van der Waals surface area contributed by atoms with E-state index in [9.17, 15) is 9.18 Å². The van der Waals surface area contributed by atoms with Crippen molar-refractivity contribution in [2.24, 2.45) is 0 Å². The first-order valence-corrected chi connectivity index (χ1v) is 11.0. The third-order valence-electron chi connectivity index (χ3n) is 4.26. The fraction of sp³-hybridized carbons (Fsp3) is 0.0909. The maximum atomic E-state index is 13.8. The molecule has 3 aromatic rings. The molecule has 1 amide bonds. The quantitative estimate of drug-likeness (QED) is 0.297. The molecule has 0 unspecified atom stereocenters. The monoisotopic (exact) mass is 459 g/mol. The van der Waals surface area contributed by atoms with Crippen molar-refractivity contribution in [2.75, 3.05) is 22.2 Å². The number of hydrogen-bond donors (Lipinski definition) is 3. The molecule has 3 aromatic carbocycles. The summed E-state index contributed by atoms with van der Waals surface area (Å²) < 4.78 is 13.8. The number of halogens is 2. The molecule has 0 heterocycles. The number of anilines is 3. The van der Waals surface area contributed by atoms with Crippen LogP contribution in [0.3, 0.4) is 0 Å². The van der Waals surface area contributed by atoms with Gasteiger partial charge < -0.3 is 16.0 Å². The molecule has 30 heavy (non-hydrogen) atoms. The third kappa shape index (κ3) is 5.50. The lowest BCUT2D eigenvalue weighted by molar-refractivity contribution is 0.102. The van der Waals surface area contributed by atoms with Crippen LogP contribution in [0.5, 0.6) is 0 Å². The maximum Gasteiger partial charge on any atom is 0.258 e. The largest absolute Gasteiger partial charge is 0.332 e. The topological polar surface area (TPSA) is 53.2 Å². The van der Waals surface area contributed by atoms with E-state index in [0.29, 0.717) is 15.8 Å². The van der Waals surface area contributed by atoms with Crippen LogP contribution in [0.25, 0.3) is 0 Å². The lowest BCUT2D eigenvalue weighted by Gasteiger charge is -2.14. The summed E-state index contributed by atoms with van der Waals surface area (Å²) in [4.78, 5) is 13.3. The second-order valence-corrected chi connectivity index (χ2v) is 8.06. The van der Waals surface area contributed by atoms with E-state index in [2.05, 4.69) is 16.0 Å². The van der Waals surface area contributed by atoms with Crippen LogP contribution < -0.4 is 16.0 Å². The fourth-order valence-corrected chi connectivity index (χ4v) is 3.86. The fourth-order valence-electron chi connectivity index (χ4n) is 2.75. The van der Waals surface area contributed by atoms with Gasteiger partial charge in [-0.3, -0.25) is 4.79 Å². The smallest absolute Gasteiger partial charge is 0.258 e. The lowest BCUT2D eigenvalue weighted by Crippen LogP contribution is -2.19. The highest BCUT2D eigenvalue weighted by atomic mass is 35.5. The number of rotatable bonds is 5. The van der Waals surface area contributed by atoms with Gasteiger partial charge in [-0.2, -0.15) is 0 Å². The molecule has 0 aliphatic carbocycles. The number of benzene rings is 3. The van der Waals surface area contributed by atoms with Crippen LogP contribution in [0.1, 0.15) is 15.9 Å². The molecule has 8 heteroatoms. The highest BCUT2D eigenvalue weighted by molar-refractivity contribution is 7.98. The van der Waals surface area contributed by atoms with Gasteiger partial charge in [-0.15, -0.1) is 11.8 Å². The molecule has 0 spiro atoms. The van der Waals surface area contributed by atoms with E-state index in [1.807, 2.05) is 37.4 Å². The minimum absolute atomic E-state index is 0.00404. The van der Waals surface area contributed by atoms with E-state index in [1.54, 1.807) is 36.0 Å². The number of thioether (sulfide) groups is 1. The van der Waals surface area contributed by atoms with Crippen LogP contribution in [0.15, 0.2) is 65.6 Å². The number of aryl methyl sites for hydroxylation is 1. The summed E-state index contributed by atoms with van der Waals surface area (Å²) in [6, 6.07) is 16.9. The Balaban J connectivity index is 1.65. The normalized spacial score (nSPS) is 10.4. The van der Waals surface area contributed by atoms with E-state index in [4.69, 9.17) is 23.8 Å². The van der Waals surface area contributed by atoms with Gasteiger partial charge in [0.25, 0.3) is 5.91 Å². The number of nitrogens with one attached hydrogen (secondary N) is 3. The average Bonchev–Trinajstić information content (AvgIpc) is 2.70. The predicted octanol–water partition coefficient (Wildman–Crippen LogP) is 6.57. The van der Waals surface area contributed by atoms with Crippen molar-refractivity contribution >= 4 is 63.7 Å². The molecular formula is C22H19ClFN3OS2. The first-order valence-electron chi connectivity index (χ1n) is 8.95. The van der Waals surface area contributed by atoms with Gasteiger partial charge in [0, 0.05) is 22.0 Å². The molecule has 154 valence electrons. The van der Waals surface area contributed by atoms with Gasteiger partial charge in [0.1, 0.15) is 5.82 Å². The summed E-state index contributed by atoms with van der Waals surface area (Å²) in [6.45, 7) is 1.85. The van der Waals surface area contributed by atoms with E-state index < -0.39 is 11.7 Å². The Bertz CT molecular complexity index is 1110. The predicted molar refractivity (Wildman–Crippen MR) is 129 cm³/mol. The van der Waals surface area contributed by atoms with Crippen LogP contribution in [0.2, 0.25) is 5.02 Å². The summed E-state index contributed by atoms with van der Waals surface area (Å²) >= 11 is 13.2. The maximum absolute atomic E-state index is 13.8. The molecular weight excluding hydrogens is 441 g/mol. The summed E-state index contributed by atoms with van der Waals surface area (Å²) in [7, 11) is 0. The van der Waals surface area contributed by atoms with Crippen LogP contribution in [-0.2, 0) is 0 Å². The van der Waals surface area contributed by atoms with Crippen molar-refractivity contribution in [1.82, 2.24) is 0 Å². The third-order valence-corrected chi connectivity index (χ3v) is 5.69. The van der Waals surface area contributed by atoms with Crippen molar-refractivity contribution in [3.8, 4) is 0 Å². The molecule has 0 bridgehead atoms. The second kappa shape index (κ2) is 9.93. The molecule has 0 saturated carbocycles. The SMILES string of the molecule is CSc1ccc(NC(=S)Nc2ccc(NC(=O)c3ccccc3F)c(C)c2)cc1Cl. The Kier molecular flexibility index (Phi) is 7.31. The summed E-state index contributed by atoms with van der Waals surface area (Å²) in [5.41, 5.74) is 2.92. The molecule has 0 fully saturated rings. The molecule has 0 aromatic heterocycles. The molecule has 0 radical (unpaired) electrons. The Morgan fingerprint density at radius 1 is 1.00 bits per heavy atom. The average molecular weight is 460 g/mol. The zero-order valence-corrected chi connectivity index (χ0v) is 18.6. The Labute approximate surface area is 189 Å². The molecule has 0 aliphatic heterocycles. The zero-order chi connectivity index (χ0) is 21.7. The number of hydrogen-bond acceptors (Lipinski definition) is 3. The molecule has 3 N–H and O–H groups in total. The zero-order valence-electron chi connectivity index (χ0n) is 16.3. The van der Waals surface area contributed by atoms with Crippen LogP contribution >= 0.6 is 35.6 Å². The number of thiocarbonyl (C=S) groups is 1. The Morgan fingerprint density at radius 2 is 1.67 bits per heavy atom. The van der Waals surface area contributed by atoms with Crippen molar-refractivity contribution in [2.45, 2.75) is 11.8 Å². The first-order chi connectivity index (χ1) is 14.4. The van der Waals surface area contributed by atoms with Crippen molar-refractivity contribution < 1.29 is 9.18 Å². The van der Waals surface area contributed by atoms with Crippen LogP contribution in [0.4, 0.5) is 21.5 Å². The minimum Gasteiger partial charge on any atom is -0.332 e. The van der Waals surface area contributed by atoms with E-state index in [1.165, 1.54) is 12.1 Å². The summed E-state index contributed by atoms with van der Waals surface area (Å²) in [5, 5.41) is 9.99. The summed E-state index contributed by atoms with van der Waals surface area (Å²) in [6.07, 6.45) is 1.96. The second-order valence-electron chi connectivity index (χ2n) is 6.39. The van der Waals surface area contributed by atoms with Crippen molar-refractivity contribution in [1.29, 1.82) is 0 Å². The number of carbonyl (C=O) groups excluding carboxylic acids is 1. The summed E-state index contributed by atoms with van der Waals surface area (Å²) in [5.74, 6) is -1.06. The highest BCUT2D eigenvalue weighted by Gasteiger charge is 2.12. The Morgan fingerprint density at radius 3 is 2.30 bits per heavy atom. The molecule has 3 rings (SSSR count). The number of amides is 1. The van der Waals surface area contributed by atoms with Gasteiger partial charge in [-0.25, -0.2) is 4.39 Å². The molecule has 0 aliphatic rings. The van der Waals surface area contributed by atoms with E-state index >= 15 is 0 Å². The van der Waals surface area contributed by atoms with Crippen molar-refractivity contribution in [3.63, 3.8) is 0 Å². The first kappa shape index (κ1) is 22.1. The molecule has 0 atom stereocenters. The van der Waals surface area contributed by atoms with Gasteiger partial charge in [-0.1, -0.05) is 23.7 Å². The Hall–Kier alpha value is -2.61.